The smallest absolute Gasteiger partial charge is 0.297 e. The molecule has 4 atom stereocenters. The molecular formula is C40H56N4O11S2. The minimum atomic E-state index is -3.83. The number of benzene rings is 2. The van der Waals surface area contributed by atoms with E-state index in [0.717, 1.165) is 27.3 Å². The van der Waals surface area contributed by atoms with Crippen molar-refractivity contribution in [2.24, 2.45) is 5.41 Å². The zero-order chi connectivity index (χ0) is 41.6. The van der Waals surface area contributed by atoms with Crippen molar-refractivity contribution >= 4 is 39.2 Å². The zero-order valence-electron chi connectivity index (χ0n) is 33.5. The van der Waals surface area contributed by atoms with Crippen LogP contribution in [0.2, 0.25) is 0 Å². The van der Waals surface area contributed by atoms with E-state index >= 15 is 0 Å². The Morgan fingerprint density at radius 2 is 1.46 bits per heavy atom. The number of thiazole rings is 1. The molecule has 3 amide bonds. The van der Waals surface area contributed by atoms with Gasteiger partial charge in [-0.1, -0.05) is 62.7 Å². The van der Waals surface area contributed by atoms with Crippen LogP contribution in [0, 0.1) is 19.3 Å². The normalized spacial score (nSPS) is 17.0. The van der Waals surface area contributed by atoms with Gasteiger partial charge in [-0.15, -0.1) is 11.3 Å². The summed E-state index contributed by atoms with van der Waals surface area (Å²) in [5.41, 5.74) is 4.93. The van der Waals surface area contributed by atoms with Crippen LogP contribution in [0.25, 0.3) is 10.4 Å². The molecule has 1 aromatic heterocycles. The van der Waals surface area contributed by atoms with Crippen LogP contribution in [0.5, 0.6) is 0 Å². The lowest BCUT2D eigenvalue weighted by Crippen LogP contribution is -2.58. The Morgan fingerprint density at radius 3 is 2.02 bits per heavy atom. The molecule has 0 bridgehead atoms. The van der Waals surface area contributed by atoms with Crippen molar-refractivity contribution in [3.63, 3.8) is 0 Å². The monoisotopic (exact) mass is 832 g/mol. The highest BCUT2D eigenvalue weighted by molar-refractivity contribution is 7.86. The molecule has 1 fully saturated rings. The lowest BCUT2D eigenvalue weighted by molar-refractivity contribution is -0.144. The Balaban J connectivity index is 1.11. The number of aliphatic hydroxyl groups is 1. The minimum Gasteiger partial charge on any atom is -0.391 e. The molecule has 0 radical (unpaired) electrons. The summed E-state index contributed by atoms with van der Waals surface area (Å²) in [6, 6.07) is 12.0. The maximum absolute atomic E-state index is 13.9. The van der Waals surface area contributed by atoms with Gasteiger partial charge in [-0.2, -0.15) is 8.42 Å². The predicted octanol–water partition coefficient (Wildman–Crippen LogP) is 3.57. The number of hydrogen-bond acceptors (Lipinski definition) is 13. The summed E-state index contributed by atoms with van der Waals surface area (Å²) in [7, 11) is -3.83. The molecule has 2 heterocycles. The van der Waals surface area contributed by atoms with E-state index in [1.54, 1.807) is 29.0 Å². The number of β-amino-alcohol motifs (C(OH)–C–C–N with tert-alkyl or cyclic N) is 1. The topological polar surface area (TPSA) is 192 Å². The first-order chi connectivity index (χ1) is 27.1. The lowest BCUT2D eigenvalue weighted by Gasteiger charge is -2.35. The predicted molar refractivity (Wildman–Crippen MR) is 214 cm³/mol. The Labute approximate surface area is 339 Å². The number of nitrogens with one attached hydrogen (secondary N) is 2. The summed E-state index contributed by atoms with van der Waals surface area (Å²) >= 11 is 1.57. The molecule has 57 heavy (non-hydrogen) atoms. The molecule has 0 saturated carbocycles. The van der Waals surface area contributed by atoms with Gasteiger partial charge in [-0.25, -0.2) is 4.98 Å². The van der Waals surface area contributed by atoms with Gasteiger partial charge < -0.3 is 39.6 Å². The Hall–Kier alpha value is -3.81. The van der Waals surface area contributed by atoms with Gasteiger partial charge in [0.2, 0.25) is 17.7 Å². The maximum atomic E-state index is 13.9. The van der Waals surface area contributed by atoms with Crippen LogP contribution in [0.4, 0.5) is 0 Å². The van der Waals surface area contributed by atoms with Gasteiger partial charge in [0, 0.05) is 13.0 Å². The average Bonchev–Trinajstić information content (AvgIpc) is 3.78. The van der Waals surface area contributed by atoms with Crippen LogP contribution in [0.1, 0.15) is 57.0 Å². The zero-order valence-corrected chi connectivity index (χ0v) is 35.2. The van der Waals surface area contributed by atoms with E-state index < -0.39 is 45.5 Å². The van der Waals surface area contributed by atoms with Crippen LogP contribution in [0.15, 0.2) is 58.9 Å². The SMILES string of the molecule is Cc1ccc(S(=O)(=O)OCCOCCOCCOCCOCC(=O)N[C@H](C(=O)N2C[C@H](O)C[C@H]2C(=O)N[C@@H](C)c2ccc(-c3scnc3C)cc2)C(C)(C)C)cc1. The number of aryl methyl sites for hydroxylation is 2. The number of hydrogen-bond donors (Lipinski definition) is 3. The maximum Gasteiger partial charge on any atom is 0.297 e. The molecular weight excluding hydrogens is 777 g/mol. The van der Waals surface area contributed by atoms with Gasteiger partial charge in [0.05, 0.1) is 86.0 Å². The number of rotatable bonds is 22. The van der Waals surface area contributed by atoms with E-state index in [0.29, 0.717) is 6.61 Å². The van der Waals surface area contributed by atoms with Crippen LogP contribution in [-0.2, 0) is 47.6 Å². The molecule has 1 aliphatic heterocycles. The van der Waals surface area contributed by atoms with Crippen LogP contribution < -0.4 is 10.6 Å². The molecule has 3 aromatic rings. The highest BCUT2D eigenvalue weighted by atomic mass is 32.2. The van der Waals surface area contributed by atoms with Gasteiger partial charge in [0.1, 0.15) is 18.7 Å². The molecule has 4 rings (SSSR count). The van der Waals surface area contributed by atoms with E-state index in [4.69, 9.17) is 23.1 Å². The van der Waals surface area contributed by atoms with Gasteiger partial charge in [0.15, 0.2) is 0 Å². The molecule has 15 nitrogen and oxygen atoms in total. The minimum absolute atomic E-state index is 0.0302. The number of carbonyl (C=O) groups excluding carboxylic acids is 3. The Bertz CT molecular complexity index is 1850. The third kappa shape index (κ3) is 14.2. The first-order valence-corrected chi connectivity index (χ1v) is 21.2. The van der Waals surface area contributed by atoms with Crippen LogP contribution >= 0.6 is 11.3 Å². The van der Waals surface area contributed by atoms with Crippen LogP contribution in [-0.4, -0.2) is 125 Å². The number of aromatic nitrogens is 1. The second-order valence-electron chi connectivity index (χ2n) is 14.9. The van der Waals surface area contributed by atoms with E-state index in [-0.39, 0.29) is 82.7 Å². The summed E-state index contributed by atoms with van der Waals surface area (Å²) in [6.45, 7) is 12.2. The molecule has 0 unspecified atom stereocenters. The standard InChI is InChI=1S/C40H56N4O11S2/c1-27-7-13-33(14-8-27)57(49,50)55-22-21-53-18-17-51-15-16-52-19-20-54-25-35(46)43-37(40(4,5)6)39(48)44-24-32(45)23-34(44)38(47)42-28(2)30-9-11-31(12-10-30)36-29(3)41-26-56-36/h7-14,26,28,32,34,37,45H,15-25H2,1-6H3,(H,42,47)(H,43,46)/t28-,32+,34-,37+/m0/s1. The molecule has 0 aliphatic carbocycles. The number of likely N-dealkylation sites (tertiary alicyclic amines) is 1. The van der Waals surface area contributed by atoms with Crippen molar-refractivity contribution < 1.29 is 51.0 Å². The molecule has 2 aromatic carbocycles. The number of amides is 3. The summed E-state index contributed by atoms with van der Waals surface area (Å²) in [4.78, 5) is 47.2. The number of aliphatic hydroxyl groups excluding tert-OH is 1. The summed E-state index contributed by atoms with van der Waals surface area (Å²) in [5.74, 6) is -1.35. The highest BCUT2D eigenvalue weighted by Crippen LogP contribution is 2.29. The number of carbonyl (C=O) groups is 3. The third-order valence-electron chi connectivity index (χ3n) is 9.19. The van der Waals surface area contributed by atoms with E-state index in [1.807, 2.05) is 65.8 Å². The van der Waals surface area contributed by atoms with Gasteiger partial charge >= 0.3 is 0 Å². The first kappa shape index (κ1) is 45.9. The quantitative estimate of drug-likeness (QED) is 0.0987. The fourth-order valence-electron chi connectivity index (χ4n) is 6.02. The highest BCUT2D eigenvalue weighted by Gasteiger charge is 2.44. The second-order valence-corrected chi connectivity index (χ2v) is 17.3. The Morgan fingerprint density at radius 1 is 0.877 bits per heavy atom. The summed E-state index contributed by atoms with van der Waals surface area (Å²) < 4.78 is 51.1. The molecule has 314 valence electrons. The average molecular weight is 833 g/mol. The van der Waals surface area contributed by atoms with E-state index in [1.165, 1.54) is 17.0 Å². The lowest BCUT2D eigenvalue weighted by atomic mass is 9.85. The van der Waals surface area contributed by atoms with Crippen molar-refractivity contribution in [2.75, 3.05) is 66.0 Å². The fourth-order valence-corrected chi connectivity index (χ4v) is 7.72. The van der Waals surface area contributed by atoms with Crippen molar-refractivity contribution in [3.05, 3.63) is 70.9 Å². The largest absolute Gasteiger partial charge is 0.391 e. The Kier molecular flexibility index (Phi) is 17.6. The fraction of sp³-hybridized carbons (Fsp3) is 0.550. The van der Waals surface area contributed by atoms with Crippen LogP contribution in [0.3, 0.4) is 0 Å². The first-order valence-electron chi connectivity index (χ1n) is 18.9. The summed E-state index contributed by atoms with van der Waals surface area (Å²) in [6.07, 6.45) is -0.803. The molecule has 1 saturated heterocycles. The number of nitrogens with zero attached hydrogens (tertiary/aromatic N) is 2. The van der Waals surface area contributed by atoms with Crippen molar-refractivity contribution in [1.29, 1.82) is 0 Å². The molecule has 3 N–H and O–H groups in total. The molecule has 17 heteroatoms. The van der Waals surface area contributed by atoms with Gasteiger partial charge in [-0.3, -0.25) is 18.6 Å². The molecule has 0 spiro atoms. The molecule has 1 aliphatic rings. The second kappa shape index (κ2) is 21.8. The van der Waals surface area contributed by atoms with Crippen molar-refractivity contribution in [2.45, 2.75) is 77.1 Å². The van der Waals surface area contributed by atoms with E-state index in [2.05, 4.69) is 15.6 Å². The van der Waals surface area contributed by atoms with Gasteiger partial charge in [-0.05, 0) is 49.4 Å². The third-order valence-corrected chi connectivity index (χ3v) is 11.5. The van der Waals surface area contributed by atoms with Gasteiger partial charge in [0.25, 0.3) is 10.1 Å². The van der Waals surface area contributed by atoms with Crippen molar-refractivity contribution in [3.8, 4) is 10.4 Å². The summed E-state index contributed by atoms with van der Waals surface area (Å²) in [5, 5.41) is 16.3. The van der Waals surface area contributed by atoms with Crippen molar-refractivity contribution in [1.82, 2.24) is 20.5 Å². The van der Waals surface area contributed by atoms with E-state index in [9.17, 15) is 27.9 Å². The number of ether oxygens (including phenoxy) is 4.